The smallest absolute Gasteiger partial charge is 0.307 e. The van der Waals surface area contributed by atoms with Gasteiger partial charge in [0.15, 0.2) is 0 Å². The Balaban J connectivity index is 2.04. The Kier molecular flexibility index (Phi) is 3.16. The number of rotatable bonds is 2. The molecule has 0 aliphatic carbocycles. The van der Waals surface area contributed by atoms with Crippen molar-refractivity contribution in [1.82, 2.24) is 10.2 Å². The molecule has 0 aromatic heterocycles. The molecule has 1 N–H and O–H groups in total. The fourth-order valence-electron chi connectivity index (χ4n) is 2.34. The summed E-state index contributed by atoms with van der Waals surface area (Å²) >= 11 is 0. The second-order valence-corrected chi connectivity index (χ2v) is 5.97. The van der Waals surface area contributed by atoms with Crippen LogP contribution in [0.25, 0.3) is 0 Å². The minimum absolute atomic E-state index is 0.00398. The van der Waals surface area contributed by atoms with Gasteiger partial charge >= 0.3 is 10.2 Å². The molecule has 2 rings (SSSR count). The van der Waals surface area contributed by atoms with Gasteiger partial charge in [0.05, 0.1) is 0 Å². The molecule has 2 heterocycles. The van der Waals surface area contributed by atoms with Crippen LogP contribution in [0, 0.1) is 0 Å². The lowest BCUT2D eigenvalue weighted by Crippen LogP contribution is -2.47. The van der Waals surface area contributed by atoms with E-state index in [1.807, 2.05) is 0 Å². The molecule has 0 spiro atoms. The number of hydrogen-bond donors (Lipinski definition) is 1. The van der Waals surface area contributed by atoms with Crippen LogP contribution >= 0.6 is 0 Å². The minimum Gasteiger partial charge on any atom is -0.337 e. The van der Waals surface area contributed by atoms with Crippen LogP contribution in [-0.4, -0.2) is 50.2 Å². The largest absolute Gasteiger partial charge is 0.337 e. The lowest BCUT2D eigenvalue weighted by molar-refractivity contribution is -0.129. The maximum atomic E-state index is 12.8. The van der Waals surface area contributed by atoms with E-state index in [4.69, 9.17) is 0 Å². The summed E-state index contributed by atoms with van der Waals surface area (Å²) in [5, 5.41) is 1.98. The Bertz CT molecular complexity index is 378. The zero-order valence-electron chi connectivity index (χ0n) is 8.86. The molecular formula is C9H15FN2O3S. The number of amides is 1. The van der Waals surface area contributed by atoms with E-state index in [0.717, 1.165) is 19.4 Å². The van der Waals surface area contributed by atoms with E-state index >= 15 is 0 Å². The third-order valence-electron chi connectivity index (χ3n) is 3.23. The number of likely N-dealkylation sites (tertiary alicyclic amines) is 1. The molecule has 2 fully saturated rings. The quantitative estimate of drug-likeness (QED) is 0.680. The number of carbonyl (C=O) groups is 1. The summed E-state index contributed by atoms with van der Waals surface area (Å²) in [4.78, 5) is 13.1. The van der Waals surface area contributed by atoms with E-state index in [9.17, 15) is 17.1 Å². The van der Waals surface area contributed by atoms with Gasteiger partial charge in [-0.15, -0.1) is 3.89 Å². The van der Waals surface area contributed by atoms with E-state index in [0.29, 0.717) is 6.54 Å². The summed E-state index contributed by atoms with van der Waals surface area (Å²) in [6.45, 7) is 1.60. The molecule has 0 aromatic carbocycles. The molecule has 92 valence electrons. The molecule has 1 unspecified atom stereocenters. The van der Waals surface area contributed by atoms with E-state index < -0.39 is 15.5 Å². The molecule has 0 saturated carbocycles. The zero-order valence-corrected chi connectivity index (χ0v) is 9.67. The number of nitrogens with one attached hydrogen (secondary N) is 1. The molecule has 0 aromatic rings. The van der Waals surface area contributed by atoms with Gasteiger partial charge in [-0.2, -0.15) is 8.42 Å². The fourth-order valence-corrected chi connectivity index (χ4v) is 3.02. The highest BCUT2D eigenvalue weighted by Crippen LogP contribution is 2.23. The van der Waals surface area contributed by atoms with Crippen molar-refractivity contribution in [2.75, 3.05) is 19.6 Å². The van der Waals surface area contributed by atoms with Crippen molar-refractivity contribution in [2.24, 2.45) is 0 Å². The maximum absolute atomic E-state index is 12.8. The molecule has 2 aliphatic rings. The monoisotopic (exact) mass is 250 g/mol. The Morgan fingerprint density at radius 1 is 1.44 bits per heavy atom. The molecule has 7 heteroatoms. The van der Waals surface area contributed by atoms with Crippen LogP contribution in [0.3, 0.4) is 0 Å². The van der Waals surface area contributed by atoms with Gasteiger partial charge in [0.2, 0.25) is 5.91 Å². The van der Waals surface area contributed by atoms with Crippen LogP contribution in [0.15, 0.2) is 0 Å². The second kappa shape index (κ2) is 4.29. The molecule has 1 amide bonds. The van der Waals surface area contributed by atoms with Crippen LogP contribution in [0.1, 0.15) is 19.3 Å². The van der Waals surface area contributed by atoms with Crippen molar-refractivity contribution >= 4 is 16.1 Å². The van der Waals surface area contributed by atoms with Crippen LogP contribution in [0.5, 0.6) is 0 Å². The average molecular weight is 250 g/mol. The van der Waals surface area contributed by atoms with Crippen LogP contribution in [-0.2, 0) is 15.0 Å². The first-order chi connectivity index (χ1) is 7.48. The molecule has 0 radical (unpaired) electrons. The van der Waals surface area contributed by atoms with Crippen LogP contribution in [0.2, 0.25) is 0 Å². The van der Waals surface area contributed by atoms with Crippen molar-refractivity contribution in [2.45, 2.75) is 30.6 Å². The second-order valence-electron chi connectivity index (χ2n) is 4.35. The lowest BCUT2D eigenvalue weighted by Gasteiger charge is -2.31. The maximum Gasteiger partial charge on any atom is 0.307 e. The van der Waals surface area contributed by atoms with E-state index in [1.165, 1.54) is 4.90 Å². The first-order valence-electron chi connectivity index (χ1n) is 5.42. The van der Waals surface area contributed by atoms with Gasteiger partial charge in [-0.1, -0.05) is 0 Å². The zero-order chi connectivity index (χ0) is 11.8. The molecule has 2 saturated heterocycles. The van der Waals surface area contributed by atoms with Crippen molar-refractivity contribution in [3.63, 3.8) is 0 Å². The van der Waals surface area contributed by atoms with E-state index in [1.54, 1.807) is 0 Å². The van der Waals surface area contributed by atoms with Crippen molar-refractivity contribution < 1.29 is 17.1 Å². The Labute approximate surface area is 94.2 Å². The minimum atomic E-state index is -4.59. The molecule has 5 nitrogen and oxygen atoms in total. The van der Waals surface area contributed by atoms with Gasteiger partial charge in [0.1, 0.15) is 5.25 Å². The van der Waals surface area contributed by atoms with Gasteiger partial charge in [-0.05, 0) is 19.4 Å². The summed E-state index contributed by atoms with van der Waals surface area (Å²) in [5.74, 6) is -0.250. The molecule has 16 heavy (non-hydrogen) atoms. The predicted molar refractivity (Wildman–Crippen MR) is 56.0 cm³/mol. The van der Waals surface area contributed by atoms with Gasteiger partial charge in [0.25, 0.3) is 0 Å². The molecule has 2 atom stereocenters. The molecule has 0 bridgehead atoms. The highest BCUT2D eigenvalue weighted by molar-refractivity contribution is 7.87. The van der Waals surface area contributed by atoms with Gasteiger partial charge < -0.3 is 10.2 Å². The summed E-state index contributed by atoms with van der Waals surface area (Å²) in [5.41, 5.74) is 0. The van der Waals surface area contributed by atoms with Crippen LogP contribution in [0.4, 0.5) is 3.89 Å². The standard InChI is InChI=1S/C9H15FN2O3S/c10-16(14,15)8-4-9(13)12(6-8)7-2-1-3-11-5-7/h7-8,11H,1-6H2/t7-,8?/m1/s1. The number of carbonyl (C=O) groups excluding carboxylic acids is 1. The topological polar surface area (TPSA) is 66.5 Å². The van der Waals surface area contributed by atoms with Gasteiger partial charge in [-0.3, -0.25) is 4.79 Å². The predicted octanol–water partition coefficient (Wildman–Crippen LogP) is -0.361. The average Bonchev–Trinajstić information content (AvgIpc) is 2.61. The number of hydrogen-bond acceptors (Lipinski definition) is 4. The highest BCUT2D eigenvalue weighted by Gasteiger charge is 2.41. The number of piperidine rings is 1. The number of halogens is 1. The third-order valence-corrected chi connectivity index (χ3v) is 4.34. The van der Waals surface area contributed by atoms with Gasteiger partial charge in [0, 0.05) is 25.6 Å². The van der Waals surface area contributed by atoms with Crippen molar-refractivity contribution in [1.29, 1.82) is 0 Å². The van der Waals surface area contributed by atoms with E-state index in [2.05, 4.69) is 5.32 Å². The Hall–Kier alpha value is -0.690. The summed E-state index contributed by atoms with van der Waals surface area (Å²) in [7, 11) is -4.59. The highest BCUT2D eigenvalue weighted by atomic mass is 32.3. The summed E-state index contributed by atoms with van der Waals surface area (Å²) in [6, 6.07) is 0.0213. The van der Waals surface area contributed by atoms with Gasteiger partial charge in [-0.25, -0.2) is 0 Å². The fraction of sp³-hybridized carbons (Fsp3) is 0.889. The third kappa shape index (κ3) is 2.35. The van der Waals surface area contributed by atoms with Crippen LogP contribution < -0.4 is 5.32 Å². The molecule has 2 aliphatic heterocycles. The SMILES string of the molecule is O=C1CC(S(=O)(=O)F)CN1[C@@H]1CCCNC1. The Morgan fingerprint density at radius 3 is 2.69 bits per heavy atom. The van der Waals surface area contributed by atoms with Crippen molar-refractivity contribution in [3.8, 4) is 0 Å². The van der Waals surface area contributed by atoms with E-state index in [-0.39, 0.29) is 24.9 Å². The lowest BCUT2D eigenvalue weighted by atomic mass is 10.1. The van der Waals surface area contributed by atoms with Crippen molar-refractivity contribution in [3.05, 3.63) is 0 Å². The summed E-state index contributed by atoms with van der Waals surface area (Å²) < 4.78 is 34.3. The Morgan fingerprint density at radius 2 is 2.19 bits per heavy atom. The summed E-state index contributed by atoms with van der Waals surface area (Å²) in [6.07, 6.45) is 1.61. The normalized spacial score (nSPS) is 32.1. The first-order valence-corrected chi connectivity index (χ1v) is 6.87. The molecular weight excluding hydrogens is 235 g/mol. The first kappa shape index (κ1) is 11.8. The number of nitrogens with zero attached hydrogens (tertiary/aromatic N) is 1.